The second-order valence-electron chi connectivity index (χ2n) is 4.21. The van der Waals surface area contributed by atoms with Crippen molar-refractivity contribution in [1.29, 1.82) is 0 Å². The molecule has 3 N–H and O–H groups in total. The zero-order chi connectivity index (χ0) is 11.6. The largest absolute Gasteiger partial charge is 0.325 e. The first kappa shape index (κ1) is 11.6. The Morgan fingerprint density at radius 2 is 1.94 bits per heavy atom. The van der Waals surface area contributed by atoms with Gasteiger partial charge in [-0.2, -0.15) is 0 Å². The molecule has 1 aliphatic rings. The van der Waals surface area contributed by atoms with Crippen molar-refractivity contribution >= 4 is 9.84 Å². The standard InChI is InChI=1S/C11H16N2O2S/c12-10-7-16(14,15)8-11(10)13-6-9-4-2-1-3-5-9/h1-5,10-11,13H,6-8,12H2. The van der Waals surface area contributed by atoms with Gasteiger partial charge in [0.1, 0.15) is 0 Å². The van der Waals surface area contributed by atoms with Crippen molar-refractivity contribution < 1.29 is 8.42 Å². The highest BCUT2D eigenvalue weighted by Crippen LogP contribution is 2.11. The van der Waals surface area contributed by atoms with Gasteiger partial charge in [0, 0.05) is 18.6 Å². The molecule has 0 aliphatic carbocycles. The van der Waals surface area contributed by atoms with Crippen molar-refractivity contribution in [2.24, 2.45) is 5.73 Å². The first-order valence-electron chi connectivity index (χ1n) is 5.30. The number of sulfone groups is 1. The molecule has 0 radical (unpaired) electrons. The summed E-state index contributed by atoms with van der Waals surface area (Å²) in [6.45, 7) is 0.661. The molecule has 1 saturated heterocycles. The van der Waals surface area contributed by atoms with Gasteiger partial charge < -0.3 is 11.1 Å². The molecule has 0 saturated carbocycles. The van der Waals surface area contributed by atoms with Gasteiger partial charge in [0.2, 0.25) is 0 Å². The highest BCUT2D eigenvalue weighted by molar-refractivity contribution is 7.91. The lowest BCUT2D eigenvalue weighted by atomic mass is 10.1. The van der Waals surface area contributed by atoms with Gasteiger partial charge in [0.05, 0.1) is 11.5 Å². The molecule has 2 rings (SSSR count). The molecule has 0 bridgehead atoms. The van der Waals surface area contributed by atoms with Crippen LogP contribution in [0.2, 0.25) is 0 Å². The number of nitrogens with two attached hydrogens (primary N) is 1. The van der Waals surface area contributed by atoms with E-state index in [1.54, 1.807) is 0 Å². The molecular formula is C11H16N2O2S. The molecule has 1 heterocycles. The molecule has 1 fully saturated rings. The normalized spacial score (nSPS) is 28.1. The second kappa shape index (κ2) is 4.53. The fourth-order valence-electron chi connectivity index (χ4n) is 1.93. The van der Waals surface area contributed by atoms with E-state index in [2.05, 4.69) is 5.32 Å². The first-order chi connectivity index (χ1) is 7.57. The summed E-state index contributed by atoms with van der Waals surface area (Å²) in [7, 11) is -2.94. The molecule has 2 atom stereocenters. The summed E-state index contributed by atoms with van der Waals surface area (Å²) in [4.78, 5) is 0. The smallest absolute Gasteiger partial charge is 0.153 e. The number of benzene rings is 1. The van der Waals surface area contributed by atoms with Crippen LogP contribution >= 0.6 is 0 Å². The molecule has 1 aromatic carbocycles. The van der Waals surface area contributed by atoms with Crippen molar-refractivity contribution in [2.75, 3.05) is 11.5 Å². The topological polar surface area (TPSA) is 72.2 Å². The van der Waals surface area contributed by atoms with E-state index in [4.69, 9.17) is 5.73 Å². The van der Waals surface area contributed by atoms with Crippen molar-refractivity contribution in [1.82, 2.24) is 5.32 Å². The van der Waals surface area contributed by atoms with Crippen molar-refractivity contribution in [3.8, 4) is 0 Å². The highest BCUT2D eigenvalue weighted by Gasteiger charge is 2.34. The minimum absolute atomic E-state index is 0.0967. The fourth-order valence-corrected chi connectivity index (χ4v) is 3.80. The molecule has 5 heteroatoms. The molecule has 0 aromatic heterocycles. The first-order valence-corrected chi connectivity index (χ1v) is 7.12. The van der Waals surface area contributed by atoms with Gasteiger partial charge in [-0.15, -0.1) is 0 Å². The van der Waals surface area contributed by atoms with Crippen molar-refractivity contribution in [3.63, 3.8) is 0 Å². The predicted octanol–water partition coefficient (Wildman–Crippen LogP) is -0.0995. The van der Waals surface area contributed by atoms with Crippen LogP contribution in [0, 0.1) is 0 Å². The summed E-state index contributed by atoms with van der Waals surface area (Å²) in [5.74, 6) is 0.250. The van der Waals surface area contributed by atoms with Gasteiger partial charge in [-0.3, -0.25) is 0 Å². The number of hydrogen-bond acceptors (Lipinski definition) is 4. The van der Waals surface area contributed by atoms with Gasteiger partial charge in [-0.05, 0) is 5.56 Å². The summed E-state index contributed by atoms with van der Waals surface area (Å²) in [5.41, 5.74) is 6.92. The van der Waals surface area contributed by atoms with Crippen molar-refractivity contribution in [2.45, 2.75) is 18.6 Å². The molecule has 1 aromatic rings. The van der Waals surface area contributed by atoms with Crippen LogP contribution in [-0.2, 0) is 16.4 Å². The molecule has 1 aliphatic heterocycles. The molecule has 16 heavy (non-hydrogen) atoms. The zero-order valence-electron chi connectivity index (χ0n) is 8.96. The Bertz CT molecular complexity index is 444. The van der Waals surface area contributed by atoms with Crippen LogP contribution in [0.4, 0.5) is 0 Å². The zero-order valence-corrected chi connectivity index (χ0v) is 9.78. The Morgan fingerprint density at radius 1 is 1.25 bits per heavy atom. The highest BCUT2D eigenvalue weighted by atomic mass is 32.2. The number of nitrogens with one attached hydrogen (secondary N) is 1. The Hall–Kier alpha value is -0.910. The van der Waals surface area contributed by atoms with Gasteiger partial charge in [0.15, 0.2) is 9.84 Å². The summed E-state index contributed by atoms with van der Waals surface area (Å²) in [6, 6.07) is 9.48. The third-order valence-corrected chi connectivity index (χ3v) is 4.57. The van der Waals surface area contributed by atoms with E-state index in [9.17, 15) is 8.42 Å². The van der Waals surface area contributed by atoms with Gasteiger partial charge in [0.25, 0.3) is 0 Å². The Labute approximate surface area is 95.8 Å². The summed E-state index contributed by atoms with van der Waals surface area (Å²) in [5, 5.41) is 3.20. The minimum Gasteiger partial charge on any atom is -0.325 e. The second-order valence-corrected chi connectivity index (χ2v) is 6.37. The van der Waals surface area contributed by atoms with E-state index in [1.807, 2.05) is 30.3 Å². The monoisotopic (exact) mass is 240 g/mol. The van der Waals surface area contributed by atoms with Gasteiger partial charge >= 0.3 is 0 Å². The third kappa shape index (κ3) is 2.81. The minimum atomic E-state index is -2.94. The average molecular weight is 240 g/mol. The molecule has 2 unspecified atom stereocenters. The van der Waals surface area contributed by atoms with Crippen LogP contribution in [0.1, 0.15) is 5.56 Å². The van der Waals surface area contributed by atoms with E-state index >= 15 is 0 Å². The predicted molar refractivity (Wildman–Crippen MR) is 63.7 cm³/mol. The van der Waals surface area contributed by atoms with E-state index in [0.29, 0.717) is 6.54 Å². The SMILES string of the molecule is NC1CS(=O)(=O)CC1NCc1ccccc1. The quantitative estimate of drug-likeness (QED) is 0.774. The maximum absolute atomic E-state index is 11.3. The lowest BCUT2D eigenvalue weighted by molar-refractivity contribution is 0.503. The summed E-state index contributed by atoms with van der Waals surface area (Å²) < 4.78 is 22.7. The van der Waals surface area contributed by atoms with Crippen LogP contribution in [-0.4, -0.2) is 32.0 Å². The van der Waals surface area contributed by atoms with E-state index in [0.717, 1.165) is 5.56 Å². The molecule has 88 valence electrons. The summed E-state index contributed by atoms with van der Waals surface area (Å²) >= 11 is 0. The Balaban J connectivity index is 1.92. The van der Waals surface area contributed by atoms with Gasteiger partial charge in [-0.1, -0.05) is 30.3 Å². The lowest BCUT2D eigenvalue weighted by Gasteiger charge is -2.15. The lowest BCUT2D eigenvalue weighted by Crippen LogP contribution is -2.43. The third-order valence-electron chi connectivity index (χ3n) is 2.81. The Kier molecular flexibility index (Phi) is 3.28. The molecular weight excluding hydrogens is 224 g/mol. The maximum Gasteiger partial charge on any atom is 0.153 e. The Morgan fingerprint density at radius 3 is 2.50 bits per heavy atom. The number of rotatable bonds is 3. The van der Waals surface area contributed by atoms with Crippen LogP contribution in [0.3, 0.4) is 0 Å². The van der Waals surface area contributed by atoms with Crippen LogP contribution in [0.25, 0.3) is 0 Å². The maximum atomic E-state index is 11.3. The van der Waals surface area contributed by atoms with E-state index < -0.39 is 9.84 Å². The van der Waals surface area contributed by atoms with Crippen LogP contribution < -0.4 is 11.1 Å². The van der Waals surface area contributed by atoms with Gasteiger partial charge in [-0.25, -0.2) is 8.42 Å². The molecule has 0 spiro atoms. The molecule has 0 amide bonds. The van der Waals surface area contributed by atoms with E-state index in [-0.39, 0.29) is 23.6 Å². The number of hydrogen-bond donors (Lipinski definition) is 2. The van der Waals surface area contributed by atoms with E-state index in [1.165, 1.54) is 0 Å². The molecule has 4 nitrogen and oxygen atoms in total. The van der Waals surface area contributed by atoms with Crippen molar-refractivity contribution in [3.05, 3.63) is 35.9 Å². The fraction of sp³-hybridized carbons (Fsp3) is 0.455. The van der Waals surface area contributed by atoms with Crippen LogP contribution in [0.5, 0.6) is 0 Å². The summed E-state index contributed by atoms with van der Waals surface area (Å²) in [6.07, 6.45) is 0. The average Bonchev–Trinajstić information content (AvgIpc) is 2.50. The van der Waals surface area contributed by atoms with Crippen LogP contribution in [0.15, 0.2) is 30.3 Å².